The predicted octanol–water partition coefficient (Wildman–Crippen LogP) is 2.26. The molecule has 0 unspecified atom stereocenters. The van der Waals surface area contributed by atoms with E-state index in [0.29, 0.717) is 32.7 Å². The number of amides is 1. The summed E-state index contributed by atoms with van der Waals surface area (Å²) in [5.41, 5.74) is 4.25. The van der Waals surface area contributed by atoms with Crippen LogP contribution in [0.4, 0.5) is 0 Å². The molecule has 0 radical (unpaired) electrons. The summed E-state index contributed by atoms with van der Waals surface area (Å²) >= 11 is 0. The molecule has 140 valence electrons. The predicted molar refractivity (Wildman–Crippen MR) is 99.1 cm³/mol. The summed E-state index contributed by atoms with van der Waals surface area (Å²) in [6, 6.07) is 7.94. The number of ether oxygens (including phenoxy) is 2. The van der Waals surface area contributed by atoms with E-state index >= 15 is 0 Å². The SMILES string of the molecule is COCCN(Cc1c(C)nn(C)c1C)C(=O)[C@@H]1COc2ccccc2C1. The van der Waals surface area contributed by atoms with Gasteiger partial charge in [-0.3, -0.25) is 9.48 Å². The Kier molecular flexibility index (Phi) is 5.61. The molecule has 0 bridgehead atoms. The first-order valence-electron chi connectivity index (χ1n) is 8.98. The van der Waals surface area contributed by atoms with Crippen molar-refractivity contribution in [2.75, 3.05) is 26.9 Å². The fraction of sp³-hybridized carbons (Fsp3) is 0.500. The maximum atomic E-state index is 13.2. The van der Waals surface area contributed by atoms with Crippen LogP contribution in [-0.2, 0) is 29.5 Å². The second-order valence-corrected chi connectivity index (χ2v) is 6.85. The summed E-state index contributed by atoms with van der Waals surface area (Å²) in [5, 5.41) is 4.47. The largest absolute Gasteiger partial charge is 0.492 e. The van der Waals surface area contributed by atoms with Crippen molar-refractivity contribution in [1.29, 1.82) is 0 Å². The van der Waals surface area contributed by atoms with Gasteiger partial charge in [-0.2, -0.15) is 5.10 Å². The van der Waals surface area contributed by atoms with Crippen LogP contribution in [0.5, 0.6) is 5.75 Å². The van der Waals surface area contributed by atoms with E-state index in [4.69, 9.17) is 9.47 Å². The van der Waals surface area contributed by atoms with Crippen LogP contribution >= 0.6 is 0 Å². The van der Waals surface area contributed by atoms with Crippen LogP contribution in [0.1, 0.15) is 22.5 Å². The van der Waals surface area contributed by atoms with Crippen LogP contribution in [0.2, 0.25) is 0 Å². The van der Waals surface area contributed by atoms with Gasteiger partial charge in [-0.25, -0.2) is 0 Å². The number of nitrogens with zero attached hydrogens (tertiary/aromatic N) is 3. The fourth-order valence-corrected chi connectivity index (χ4v) is 3.45. The van der Waals surface area contributed by atoms with E-state index in [1.807, 2.05) is 54.7 Å². The van der Waals surface area contributed by atoms with Crippen molar-refractivity contribution < 1.29 is 14.3 Å². The number of hydrogen-bond donors (Lipinski definition) is 0. The minimum absolute atomic E-state index is 0.110. The van der Waals surface area contributed by atoms with Crippen LogP contribution in [0.3, 0.4) is 0 Å². The third-order valence-electron chi connectivity index (χ3n) is 5.11. The highest BCUT2D eigenvalue weighted by atomic mass is 16.5. The smallest absolute Gasteiger partial charge is 0.229 e. The van der Waals surface area contributed by atoms with Crippen molar-refractivity contribution in [2.24, 2.45) is 13.0 Å². The van der Waals surface area contributed by atoms with Crippen LogP contribution in [0.25, 0.3) is 0 Å². The Morgan fingerprint density at radius 3 is 2.85 bits per heavy atom. The summed E-state index contributed by atoms with van der Waals surface area (Å²) < 4.78 is 12.9. The van der Waals surface area contributed by atoms with Gasteiger partial charge in [0.05, 0.1) is 18.2 Å². The van der Waals surface area contributed by atoms with Gasteiger partial charge in [0.1, 0.15) is 12.4 Å². The van der Waals surface area contributed by atoms with Crippen LogP contribution in [0.15, 0.2) is 24.3 Å². The molecule has 2 aromatic rings. The summed E-state index contributed by atoms with van der Waals surface area (Å²) in [6.45, 7) is 6.06. The zero-order valence-electron chi connectivity index (χ0n) is 16.0. The first kappa shape index (κ1) is 18.5. The van der Waals surface area contributed by atoms with Gasteiger partial charge in [-0.1, -0.05) is 18.2 Å². The van der Waals surface area contributed by atoms with Gasteiger partial charge in [-0.15, -0.1) is 0 Å². The van der Waals surface area contributed by atoms with Gasteiger partial charge in [0.2, 0.25) is 5.91 Å². The van der Waals surface area contributed by atoms with Crippen molar-refractivity contribution in [3.05, 3.63) is 46.8 Å². The highest BCUT2D eigenvalue weighted by Crippen LogP contribution is 2.28. The molecule has 0 saturated heterocycles. The molecule has 1 atom stereocenters. The van der Waals surface area contributed by atoms with Gasteiger partial charge in [-0.05, 0) is 31.9 Å². The van der Waals surface area contributed by atoms with E-state index in [9.17, 15) is 4.79 Å². The van der Waals surface area contributed by atoms with Crippen LogP contribution in [-0.4, -0.2) is 47.5 Å². The number of fused-ring (bicyclic) bond motifs is 1. The molecule has 6 heteroatoms. The van der Waals surface area contributed by atoms with Crippen molar-refractivity contribution in [3.8, 4) is 5.75 Å². The molecule has 1 aromatic carbocycles. The number of benzene rings is 1. The van der Waals surface area contributed by atoms with E-state index in [1.165, 1.54) is 0 Å². The number of carbonyl (C=O) groups excluding carboxylic acids is 1. The maximum Gasteiger partial charge on any atom is 0.229 e. The Labute approximate surface area is 154 Å². The molecule has 1 aliphatic rings. The number of hydrogen-bond acceptors (Lipinski definition) is 4. The Hall–Kier alpha value is -2.34. The molecule has 0 fully saturated rings. The summed E-state index contributed by atoms with van der Waals surface area (Å²) in [7, 11) is 3.59. The molecule has 6 nitrogen and oxygen atoms in total. The molecule has 26 heavy (non-hydrogen) atoms. The number of carbonyl (C=O) groups is 1. The normalized spacial score (nSPS) is 16.1. The van der Waals surface area contributed by atoms with E-state index in [0.717, 1.165) is 28.3 Å². The average molecular weight is 357 g/mol. The highest BCUT2D eigenvalue weighted by Gasteiger charge is 2.30. The van der Waals surface area contributed by atoms with Gasteiger partial charge in [0, 0.05) is 38.5 Å². The minimum Gasteiger partial charge on any atom is -0.492 e. The van der Waals surface area contributed by atoms with Crippen LogP contribution in [0, 0.1) is 19.8 Å². The van der Waals surface area contributed by atoms with Crippen LogP contribution < -0.4 is 4.74 Å². The van der Waals surface area contributed by atoms with Crippen molar-refractivity contribution in [2.45, 2.75) is 26.8 Å². The second kappa shape index (κ2) is 7.91. The molecule has 1 aromatic heterocycles. The number of rotatable bonds is 6. The van der Waals surface area contributed by atoms with Crippen molar-refractivity contribution in [3.63, 3.8) is 0 Å². The molecule has 0 saturated carbocycles. The van der Waals surface area contributed by atoms with E-state index < -0.39 is 0 Å². The number of methoxy groups -OCH3 is 1. The summed E-state index contributed by atoms with van der Waals surface area (Å²) in [5.74, 6) is 0.831. The lowest BCUT2D eigenvalue weighted by molar-refractivity contribution is -0.138. The van der Waals surface area contributed by atoms with E-state index in [2.05, 4.69) is 5.10 Å². The Bertz CT molecular complexity index is 785. The molecule has 2 heterocycles. The van der Waals surface area contributed by atoms with Gasteiger partial charge in [0.25, 0.3) is 0 Å². The first-order chi connectivity index (χ1) is 12.5. The monoisotopic (exact) mass is 357 g/mol. The second-order valence-electron chi connectivity index (χ2n) is 6.85. The molecule has 3 rings (SSSR count). The van der Waals surface area contributed by atoms with Gasteiger partial charge >= 0.3 is 0 Å². The molecule has 0 spiro atoms. The minimum atomic E-state index is -0.168. The number of aryl methyl sites for hydroxylation is 2. The molecule has 1 amide bonds. The topological polar surface area (TPSA) is 56.6 Å². The van der Waals surface area contributed by atoms with E-state index in [-0.39, 0.29) is 11.8 Å². The van der Waals surface area contributed by atoms with Crippen molar-refractivity contribution in [1.82, 2.24) is 14.7 Å². The molecular formula is C20H27N3O3. The third kappa shape index (κ3) is 3.75. The number of para-hydroxylation sites is 1. The lowest BCUT2D eigenvalue weighted by atomic mass is 9.95. The summed E-state index contributed by atoms with van der Waals surface area (Å²) in [6.07, 6.45) is 0.712. The standard InChI is InChI=1S/C20H27N3O3/c1-14-18(15(2)22(3)21-14)12-23(9-10-25-4)20(24)17-11-16-7-5-6-8-19(16)26-13-17/h5-8,17H,9-13H2,1-4H3/t17-/m0/s1. The fourth-order valence-electron chi connectivity index (χ4n) is 3.45. The molecule has 0 aliphatic carbocycles. The third-order valence-corrected chi connectivity index (χ3v) is 5.11. The zero-order chi connectivity index (χ0) is 18.7. The molecular weight excluding hydrogens is 330 g/mol. The molecule has 0 N–H and O–H groups in total. The lowest BCUT2D eigenvalue weighted by Gasteiger charge is -2.30. The highest BCUT2D eigenvalue weighted by molar-refractivity contribution is 5.80. The summed E-state index contributed by atoms with van der Waals surface area (Å²) in [4.78, 5) is 15.1. The Morgan fingerprint density at radius 1 is 1.38 bits per heavy atom. The zero-order valence-corrected chi connectivity index (χ0v) is 16.0. The molecule has 1 aliphatic heterocycles. The van der Waals surface area contributed by atoms with Gasteiger partial charge < -0.3 is 14.4 Å². The van der Waals surface area contributed by atoms with Gasteiger partial charge in [0.15, 0.2) is 0 Å². The quantitative estimate of drug-likeness (QED) is 0.796. The lowest BCUT2D eigenvalue weighted by Crippen LogP contribution is -2.42. The Morgan fingerprint density at radius 2 is 2.15 bits per heavy atom. The Balaban J connectivity index is 1.78. The number of aromatic nitrogens is 2. The van der Waals surface area contributed by atoms with E-state index in [1.54, 1.807) is 7.11 Å². The first-order valence-corrected chi connectivity index (χ1v) is 8.98. The maximum absolute atomic E-state index is 13.2. The average Bonchev–Trinajstić information content (AvgIpc) is 2.89. The van der Waals surface area contributed by atoms with Crippen molar-refractivity contribution >= 4 is 5.91 Å².